The molecule has 4 nitrogen and oxygen atoms in total. The molecule has 1 heterocycles. The van der Waals surface area contributed by atoms with Crippen LogP contribution in [0, 0.1) is 0 Å². The molecular weight excluding hydrogens is 238 g/mol. The minimum absolute atomic E-state index is 0.0518. The summed E-state index contributed by atoms with van der Waals surface area (Å²) in [5.74, 6) is 3.06. The van der Waals surface area contributed by atoms with Crippen molar-refractivity contribution < 1.29 is 14.3 Å². The lowest BCUT2D eigenvalue weighted by molar-refractivity contribution is 0.0802. The van der Waals surface area contributed by atoms with Crippen molar-refractivity contribution in [3.8, 4) is 11.5 Å². The second-order valence-electron chi connectivity index (χ2n) is 3.68. The smallest absolute Gasteiger partial charge is 0.254 e. The summed E-state index contributed by atoms with van der Waals surface area (Å²) >= 11 is 1.77. The molecule has 1 amide bonds. The Labute approximate surface area is 105 Å². The van der Waals surface area contributed by atoms with E-state index in [0.717, 1.165) is 18.2 Å². The van der Waals surface area contributed by atoms with Gasteiger partial charge in [-0.3, -0.25) is 4.79 Å². The Kier molecular flexibility index (Phi) is 3.78. The number of thioether (sulfide) groups is 1. The molecule has 0 bridgehead atoms. The molecule has 92 valence electrons. The summed E-state index contributed by atoms with van der Waals surface area (Å²) in [6, 6.07) is 5.26. The zero-order valence-corrected chi connectivity index (χ0v) is 10.8. The van der Waals surface area contributed by atoms with Gasteiger partial charge in [0.15, 0.2) is 11.5 Å². The van der Waals surface area contributed by atoms with Gasteiger partial charge < -0.3 is 14.4 Å². The van der Waals surface area contributed by atoms with Gasteiger partial charge in [0.25, 0.3) is 5.91 Å². The predicted octanol–water partition coefficient (Wildman–Crippen LogP) is 1.85. The number of hydrogen-bond donors (Lipinski definition) is 0. The third kappa shape index (κ3) is 2.49. The monoisotopic (exact) mass is 253 g/mol. The largest absolute Gasteiger partial charge is 0.493 e. The number of ether oxygens (including phenoxy) is 2. The fourth-order valence-corrected chi connectivity index (χ4v) is 2.67. The molecule has 1 aliphatic heterocycles. The molecule has 0 saturated carbocycles. The van der Waals surface area contributed by atoms with E-state index in [1.807, 2.05) is 4.90 Å². The molecule has 0 atom stereocenters. The molecule has 17 heavy (non-hydrogen) atoms. The molecule has 5 heteroatoms. The van der Waals surface area contributed by atoms with Crippen molar-refractivity contribution in [3.05, 3.63) is 23.8 Å². The molecule has 1 aromatic carbocycles. The average Bonchev–Trinajstić information content (AvgIpc) is 2.90. The molecule has 0 aromatic heterocycles. The van der Waals surface area contributed by atoms with Gasteiger partial charge in [0.2, 0.25) is 0 Å². The van der Waals surface area contributed by atoms with E-state index in [2.05, 4.69) is 0 Å². The standard InChI is InChI=1S/C12H15NO3S/c1-15-10-4-3-9(7-11(10)16-2)12(14)13-5-6-17-8-13/h3-4,7H,5-6,8H2,1-2H3. The van der Waals surface area contributed by atoms with E-state index in [0.29, 0.717) is 17.1 Å². The summed E-state index contributed by atoms with van der Waals surface area (Å²) < 4.78 is 10.3. The van der Waals surface area contributed by atoms with Crippen LogP contribution in [0.5, 0.6) is 11.5 Å². The highest BCUT2D eigenvalue weighted by molar-refractivity contribution is 7.99. The number of methoxy groups -OCH3 is 2. The summed E-state index contributed by atoms with van der Waals surface area (Å²) in [4.78, 5) is 14.0. The van der Waals surface area contributed by atoms with Gasteiger partial charge in [-0.05, 0) is 18.2 Å². The van der Waals surface area contributed by atoms with E-state index in [1.54, 1.807) is 44.2 Å². The van der Waals surface area contributed by atoms with E-state index < -0.39 is 0 Å². The molecule has 0 N–H and O–H groups in total. The van der Waals surface area contributed by atoms with Gasteiger partial charge >= 0.3 is 0 Å². The van der Waals surface area contributed by atoms with Gasteiger partial charge in [-0.15, -0.1) is 11.8 Å². The van der Waals surface area contributed by atoms with Crippen LogP contribution >= 0.6 is 11.8 Å². The SMILES string of the molecule is COc1ccc(C(=O)N2CCSC2)cc1OC. The summed E-state index contributed by atoms with van der Waals surface area (Å²) in [6.45, 7) is 0.817. The van der Waals surface area contributed by atoms with Gasteiger partial charge in [-0.1, -0.05) is 0 Å². The van der Waals surface area contributed by atoms with Crippen molar-refractivity contribution in [2.24, 2.45) is 0 Å². The Morgan fingerprint density at radius 3 is 2.65 bits per heavy atom. The van der Waals surface area contributed by atoms with Crippen LogP contribution in [-0.2, 0) is 0 Å². The number of carbonyl (C=O) groups excluding carboxylic acids is 1. The van der Waals surface area contributed by atoms with E-state index >= 15 is 0 Å². The number of rotatable bonds is 3. The number of amides is 1. The number of carbonyl (C=O) groups is 1. The molecule has 0 radical (unpaired) electrons. The highest BCUT2D eigenvalue weighted by Gasteiger charge is 2.20. The van der Waals surface area contributed by atoms with Crippen molar-refractivity contribution in [1.82, 2.24) is 4.90 Å². The molecule has 2 rings (SSSR count). The minimum Gasteiger partial charge on any atom is -0.493 e. The zero-order chi connectivity index (χ0) is 12.3. The molecule has 0 spiro atoms. The average molecular weight is 253 g/mol. The van der Waals surface area contributed by atoms with Gasteiger partial charge in [0, 0.05) is 17.9 Å². The van der Waals surface area contributed by atoms with Crippen LogP contribution in [-0.4, -0.2) is 43.2 Å². The fourth-order valence-electron chi connectivity index (χ4n) is 1.73. The Hall–Kier alpha value is -1.36. The summed E-state index contributed by atoms with van der Waals surface area (Å²) in [7, 11) is 3.15. The van der Waals surface area contributed by atoms with Crippen LogP contribution in [0.4, 0.5) is 0 Å². The lowest BCUT2D eigenvalue weighted by atomic mass is 10.2. The van der Waals surface area contributed by atoms with Gasteiger partial charge in [0.05, 0.1) is 20.1 Å². The van der Waals surface area contributed by atoms with Crippen molar-refractivity contribution in [1.29, 1.82) is 0 Å². The highest BCUT2D eigenvalue weighted by atomic mass is 32.2. The van der Waals surface area contributed by atoms with E-state index in [1.165, 1.54) is 0 Å². The first-order valence-electron chi connectivity index (χ1n) is 5.35. The quantitative estimate of drug-likeness (QED) is 0.824. The molecule has 1 aromatic rings. The lowest BCUT2D eigenvalue weighted by Gasteiger charge is -2.15. The summed E-state index contributed by atoms with van der Waals surface area (Å²) in [6.07, 6.45) is 0. The third-order valence-electron chi connectivity index (χ3n) is 2.67. The molecule has 1 aliphatic rings. The zero-order valence-electron chi connectivity index (χ0n) is 9.93. The van der Waals surface area contributed by atoms with Crippen LogP contribution in [0.25, 0.3) is 0 Å². The van der Waals surface area contributed by atoms with Crippen molar-refractivity contribution in [3.63, 3.8) is 0 Å². The fraction of sp³-hybridized carbons (Fsp3) is 0.417. The summed E-state index contributed by atoms with van der Waals surface area (Å²) in [5.41, 5.74) is 0.644. The first-order valence-corrected chi connectivity index (χ1v) is 6.51. The van der Waals surface area contributed by atoms with Gasteiger partial charge in [-0.25, -0.2) is 0 Å². The van der Waals surface area contributed by atoms with Crippen LogP contribution < -0.4 is 9.47 Å². The minimum atomic E-state index is 0.0518. The number of hydrogen-bond acceptors (Lipinski definition) is 4. The van der Waals surface area contributed by atoms with Crippen LogP contribution in [0.1, 0.15) is 10.4 Å². The van der Waals surface area contributed by atoms with Crippen LogP contribution in [0.3, 0.4) is 0 Å². The second-order valence-corrected chi connectivity index (χ2v) is 4.75. The third-order valence-corrected chi connectivity index (χ3v) is 3.64. The first kappa shape index (κ1) is 12.1. The second kappa shape index (κ2) is 5.31. The van der Waals surface area contributed by atoms with Gasteiger partial charge in [-0.2, -0.15) is 0 Å². The highest BCUT2D eigenvalue weighted by Crippen LogP contribution is 2.28. The maximum atomic E-state index is 12.1. The number of benzene rings is 1. The normalized spacial score (nSPS) is 14.8. The van der Waals surface area contributed by atoms with E-state index in [-0.39, 0.29) is 5.91 Å². The lowest BCUT2D eigenvalue weighted by Crippen LogP contribution is -2.27. The Morgan fingerprint density at radius 2 is 2.06 bits per heavy atom. The Bertz CT molecular complexity index is 416. The van der Waals surface area contributed by atoms with Crippen LogP contribution in [0.15, 0.2) is 18.2 Å². The van der Waals surface area contributed by atoms with Crippen LogP contribution in [0.2, 0.25) is 0 Å². The topological polar surface area (TPSA) is 38.8 Å². The van der Waals surface area contributed by atoms with Gasteiger partial charge in [0.1, 0.15) is 0 Å². The van der Waals surface area contributed by atoms with E-state index in [4.69, 9.17) is 9.47 Å². The Balaban J connectivity index is 2.23. The van der Waals surface area contributed by atoms with Crippen molar-refractivity contribution in [2.75, 3.05) is 32.4 Å². The Morgan fingerprint density at radius 1 is 1.29 bits per heavy atom. The predicted molar refractivity (Wildman–Crippen MR) is 67.9 cm³/mol. The molecule has 0 unspecified atom stereocenters. The van der Waals surface area contributed by atoms with Crippen molar-refractivity contribution in [2.45, 2.75) is 0 Å². The molecule has 1 saturated heterocycles. The first-order chi connectivity index (χ1) is 8.26. The molecule has 0 aliphatic carbocycles. The summed E-state index contributed by atoms with van der Waals surface area (Å²) in [5, 5.41) is 0. The van der Waals surface area contributed by atoms with Crippen molar-refractivity contribution >= 4 is 17.7 Å². The molecular formula is C12H15NO3S. The van der Waals surface area contributed by atoms with E-state index in [9.17, 15) is 4.79 Å². The maximum absolute atomic E-state index is 12.1. The molecule has 1 fully saturated rings. The maximum Gasteiger partial charge on any atom is 0.254 e. The number of nitrogens with zero attached hydrogens (tertiary/aromatic N) is 1.